The van der Waals surface area contributed by atoms with Crippen LogP contribution in [0.2, 0.25) is 0 Å². The zero-order valence-electron chi connectivity index (χ0n) is 12.0. The van der Waals surface area contributed by atoms with Crippen LogP contribution in [0.4, 0.5) is 5.69 Å². The third-order valence-corrected chi connectivity index (χ3v) is 3.08. The number of ether oxygens (including phenoxy) is 1. The molecule has 0 aliphatic heterocycles. The van der Waals surface area contributed by atoms with Crippen molar-refractivity contribution in [2.24, 2.45) is 0 Å². The molecule has 0 saturated heterocycles. The molecule has 0 radical (unpaired) electrons. The number of hydrogen-bond donors (Lipinski definition) is 1. The smallest absolute Gasteiger partial charge is 0.313 e. The monoisotopic (exact) mass is 273 g/mol. The molecule has 2 aromatic rings. The van der Waals surface area contributed by atoms with Crippen molar-refractivity contribution in [1.82, 2.24) is 9.55 Å². The molecule has 0 fully saturated rings. The Morgan fingerprint density at radius 2 is 2.15 bits per heavy atom. The fourth-order valence-corrected chi connectivity index (χ4v) is 1.90. The average molecular weight is 273 g/mol. The van der Waals surface area contributed by atoms with Crippen molar-refractivity contribution in [3.05, 3.63) is 46.5 Å². The second-order valence-electron chi connectivity index (χ2n) is 4.87. The molecule has 0 amide bonds. The third kappa shape index (κ3) is 2.82. The van der Waals surface area contributed by atoms with Crippen LogP contribution < -0.4 is 16.0 Å². The molecular formula is C15H19N3O2. The first-order valence-electron chi connectivity index (χ1n) is 6.66. The number of benzene rings is 1. The molecule has 20 heavy (non-hydrogen) atoms. The number of anilines is 1. The van der Waals surface area contributed by atoms with Crippen LogP contribution in [0.5, 0.6) is 11.6 Å². The van der Waals surface area contributed by atoms with Gasteiger partial charge in [0.25, 0.3) is 5.88 Å². The fourth-order valence-electron chi connectivity index (χ4n) is 1.90. The molecule has 0 saturated carbocycles. The number of aromatic nitrogens is 2. The van der Waals surface area contributed by atoms with E-state index in [9.17, 15) is 4.79 Å². The van der Waals surface area contributed by atoms with Crippen LogP contribution in [0.3, 0.4) is 0 Å². The maximum Gasteiger partial charge on any atom is 0.313 e. The molecule has 0 aliphatic rings. The molecule has 5 nitrogen and oxygen atoms in total. The number of hydrogen-bond acceptors (Lipinski definition) is 4. The Hall–Kier alpha value is -2.30. The summed E-state index contributed by atoms with van der Waals surface area (Å²) in [6.45, 7) is 5.90. The second-order valence-corrected chi connectivity index (χ2v) is 4.87. The molecule has 0 bridgehead atoms. The van der Waals surface area contributed by atoms with Crippen LogP contribution >= 0.6 is 0 Å². The molecule has 0 unspecified atom stereocenters. The maximum atomic E-state index is 12.2. The predicted octanol–water partition coefficient (Wildman–Crippen LogP) is 2.76. The van der Waals surface area contributed by atoms with Crippen molar-refractivity contribution >= 4 is 5.69 Å². The third-order valence-electron chi connectivity index (χ3n) is 3.08. The van der Waals surface area contributed by atoms with Gasteiger partial charge in [-0.3, -0.25) is 4.79 Å². The largest absolute Gasteiger partial charge is 0.432 e. The quantitative estimate of drug-likeness (QED) is 0.869. The lowest BCUT2D eigenvalue weighted by molar-refractivity contribution is 0.439. The minimum Gasteiger partial charge on any atom is -0.432 e. The molecule has 0 atom stereocenters. The molecule has 0 aliphatic carbocycles. The highest BCUT2D eigenvalue weighted by Crippen LogP contribution is 2.26. The van der Waals surface area contributed by atoms with E-state index in [4.69, 9.17) is 10.5 Å². The van der Waals surface area contributed by atoms with Crippen LogP contribution in [-0.2, 0) is 6.42 Å². The highest BCUT2D eigenvalue weighted by Gasteiger charge is 2.11. The SMILES string of the molecule is CCc1ccc(Oc2nccn(C(C)C)c2=O)c(N)c1. The Kier molecular flexibility index (Phi) is 4.08. The molecule has 0 spiro atoms. The van der Waals surface area contributed by atoms with Gasteiger partial charge in [0, 0.05) is 18.4 Å². The summed E-state index contributed by atoms with van der Waals surface area (Å²) < 4.78 is 7.13. The lowest BCUT2D eigenvalue weighted by Crippen LogP contribution is -2.23. The van der Waals surface area contributed by atoms with E-state index in [1.807, 2.05) is 26.0 Å². The summed E-state index contributed by atoms with van der Waals surface area (Å²) in [4.78, 5) is 16.2. The molecule has 5 heteroatoms. The van der Waals surface area contributed by atoms with Crippen LogP contribution in [-0.4, -0.2) is 9.55 Å². The highest BCUT2D eigenvalue weighted by atomic mass is 16.5. The minimum atomic E-state index is -0.263. The van der Waals surface area contributed by atoms with Crippen molar-refractivity contribution in [3.63, 3.8) is 0 Å². The Morgan fingerprint density at radius 1 is 1.40 bits per heavy atom. The van der Waals surface area contributed by atoms with E-state index in [0.29, 0.717) is 11.4 Å². The van der Waals surface area contributed by atoms with E-state index in [2.05, 4.69) is 11.9 Å². The minimum absolute atomic E-state index is 0.0390. The molecule has 1 aromatic heterocycles. The van der Waals surface area contributed by atoms with Crippen molar-refractivity contribution in [3.8, 4) is 11.6 Å². The lowest BCUT2D eigenvalue weighted by atomic mass is 10.1. The Morgan fingerprint density at radius 3 is 2.75 bits per heavy atom. The van der Waals surface area contributed by atoms with Crippen LogP contribution in [0.25, 0.3) is 0 Å². The molecule has 2 N–H and O–H groups in total. The van der Waals surface area contributed by atoms with Gasteiger partial charge in [-0.1, -0.05) is 13.0 Å². The summed E-state index contributed by atoms with van der Waals surface area (Å²) in [7, 11) is 0. The number of aryl methyl sites for hydroxylation is 1. The van der Waals surface area contributed by atoms with Gasteiger partial charge in [0.2, 0.25) is 0 Å². The van der Waals surface area contributed by atoms with E-state index < -0.39 is 0 Å². The summed E-state index contributed by atoms with van der Waals surface area (Å²) in [6.07, 6.45) is 4.09. The lowest BCUT2D eigenvalue weighted by Gasteiger charge is -2.12. The summed E-state index contributed by atoms with van der Waals surface area (Å²) in [6, 6.07) is 5.59. The maximum absolute atomic E-state index is 12.2. The van der Waals surface area contributed by atoms with Crippen molar-refractivity contribution in [1.29, 1.82) is 0 Å². The summed E-state index contributed by atoms with van der Waals surface area (Å²) >= 11 is 0. The molecule has 1 aromatic carbocycles. The van der Waals surface area contributed by atoms with Gasteiger partial charge in [0.1, 0.15) is 0 Å². The first kappa shape index (κ1) is 14.1. The van der Waals surface area contributed by atoms with E-state index in [1.54, 1.807) is 23.0 Å². The van der Waals surface area contributed by atoms with Crippen LogP contribution in [0.15, 0.2) is 35.4 Å². The van der Waals surface area contributed by atoms with Crippen molar-refractivity contribution in [2.45, 2.75) is 33.2 Å². The van der Waals surface area contributed by atoms with E-state index >= 15 is 0 Å². The average Bonchev–Trinajstić information content (AvgIpc) is 2.42. The zero-order chi connectivity index (χ0) is 14.7. The standard InChI is InChI=1S/C15H19N3O2/c1-4-11-5-6-13(12(16)9-11)20-14-15(19)18(10(2)3)8-7-17-14/h5-10H,4,16H2,1-3H3. The van der Waals surface area contributed by atoms with Crippen LogP contribution in [0.1, 0.15) is 32.4 Å². The van der Waals surface area contributed by atoms with Gasteiger partial charge in [0.05, 0.1) is 5.69 Å². The number of nitrogens with zero attached hydrogens (tertiary/aromatic N) is 2. The highest BCUT2D eigenvalue weighted by molar-refractivity contribution is 5.55. The van der Waals surface area contributed by atoms with Gasteiger partial charge >= 0.3 is 5.56 Å². The Labute approximate surface area is 118 Å². The van der Waals surface area contributed by atoms with Crippen molar-refractivity contribution in [2.75, 3.05) is 5.73 Å². The van der Waals surface area contributed by atoms with Gasteiger partial charge in [-0.2, -0.15) is 0 Å². The van der Waals surface area contributed by atoms with Gasteiger partial charge in [-0.15, -0.1) is 0 Å². The Balaban J connectivity index is 2.36. The van der Waals surface area contributed by atoms with Gasteiger partial charge < -0.3 is 15.0 Å². The number of rotatable bonds is 4. The molecule has 106 valence electrons. The van der Waals surface area contributed by atoms with Gasteiger partial charge in [0.15, 0.2) is 5.75 Å². The van der Waals surface area contributed by atoms with Crippen molar-refractivity contribution < 1.29 is 4.74 Å². The number of nitrogen functional groups attached to an aromatic ring is 1. The first-order valence-corrected chi connectivity index (χ1v) is 6.66. The van der Waals surface area contributed by atoms with Gasteiger partial charge in [-0.25, -0.2) is 4.98 Å². The Bertz CT molecular complexity index is 662. The zero-order valence-corrected chi connectivity index (χ0v) is 12.0. The molecule has 2 rings (SSSR count). The summed E-state index contributed by atoms with van der Waals surface area (Å²) in [5.74, 6) is 0.491. The van der Waals surface area contributed by atoms with E-state index in [-0.39, 0.29) is 17.5 Å². The topological polar surface area (TPSA) is 70.1 Å². The molecular weight excluding hydrogens is 254 g/mol. The summed E-state index contributed by atoms with van der Waals surface area (Å²) in [5, 5.41) is 0. The second kappa shape index (κ2) is 5.77. The number of nitrogens with two attached hydrogens (primary N) is 1. The summed E-state index contributed by atoms with van der Waals surface area (Å²) in [5.41, 5.74) is 7.29. The van der Waals surface area contributed by atoms with Crippen LogP contribution in [0, 0.1) is 0 Å². The molecule has 1 heterocycles. The predicted molar refractivity (Wildman–Crippen MR) is 79.2 cm³/mol. The normalized spacial score (nSPS) is 10.8. The van der Waals surface area contributed by atoms with E-state index in [0.717, 1.165) is 12.0 Å². The van der Waals surface area contributed by atoms with E-state index in [1.165, 1.54) is 0 Å². The first-order chi connectivity index (χ1) is 9.52. The van der Waals surface area contributed by atoms with Gasteiger partial charge in [-0.05, 0) is 38.0 Å². The fraction of sp³-hybridized carbons (Fsp3) is 0.333.